The lowest BCUT2D eigenvalue weighted by atomic mass is 10.1. The predicted octanol–water partition coefficient (Wildman–Crippen LogP) is 2.40. The molecule has 0 bridgehead atoms. The lowest BCUT2D eigenvalue weighted by molar-refractivity contribution is -0.132. The van der Waals surface area contributed by atoms with Gasteiger partial charge in [-0.15, -0.1) is 0 Å². The Morgan fingerprint density at radius 3 is 2.38 bits per heavy atom. The van der Waals surface area contributed by atoms with Gasteiger partial charge in [0.25, 0.3) is 5.91 Å². The Bertz CT molecular complexity index is 846. The fraction of sp³-hybridized carbons (Fsp3) is 0.409. The highest BCUT2D eigenvalue weighted by molar-refractivity contribution is 5.95. The molecule has 0 N–H and O–H groups in total. The lowest BCUT2D eigenvalue weighted by Crippen LogP contribution is -2.51. The van der Waals surface area contributed by atoms with Crippen LogP contribution in [0.1, 0.15) is 29.9 Å². The van der Waals surface area contributed by atoms with Crippen molar-refractivity contribution >= 4 is 11.8 Å². The monoisotopic (exact) mass is 397 g/mol. The zero-order valence-corrected chi connectivity index (χ0v) is 17.1. The molecule has 1 aromatic heterocycles. The number of piperazine rings is 1. The van der Waals surface area contributed by atoms with Gasteiger partial charge >= 0.3 is 0 Å². The fourth-order valence-electron chi connectivity index (χ4n) is 3.26. The number of aromatic nitrogens is 1. The normalized spacial score (nSPS) is 14.1. The number of carbonyl (C=O) groups is 2. The SMILES string of the molecule is COc1cc(C(=O)N2CCN(C(=O)Cc3ccccn3)CC2)ccc1OC(C)C. The molecule has 1 aromatic carbocycles. The Labute approximate surface area is 171 Å². The maximum absolute atomic E-state index is 12.9. The minimum Gasteiger partial charge on any atom is -0.493 e. The van der Waals surface area contributed by atoms with Crippen molar-refractivity contribution in [3.05, 3.63) is 53.9 Å². The van der Waals surface area contributed by atoms with Crippen molar-refractivity contribution in [3.8, 4) is 11.5 Å². The molecular weight excluding hydrogens is 370 g/mol. The van der Waals surface area contributed by atoms with E-state index in [1.54, 1.807) is 41.3 Å². The van der Waals surface area contributed by atoms with E-state index in [1.807, 2.05) is 32.0 Å². The van der Waals surface area contributed by atoms with Gasteiger partial charge in [0.15, 0.2) is 11.5 Å². The summed E-state index contributed by atoms with van der Waals surface area (Å²) in [6, 6.07) is 10.8. The summed E-state index contributed by atoms with van der Waals surface area (Å²) in [5, 5.41) is 0. The summed E-state index contributed by atoms with van der Waals surface area (Å²) in [6.07, 6.45) is 1.98. The van der Waals surface area contributed by atoms with E-state index in [-0.39, 0.29) is 24.3 Å². The first-order valence-corrected chi connectivity index (χ1v) is 9.79. The van der Waals surface area contributed by atoms with Crippen LogP contribution in [0.3, 0.4) is 0 Å². The number of hydrogen-bond acceptors (Lipinski definition) is 5. The smallest absolute Gasteiger partial charge is 0.254 e. The minimum atomic E-state index is -0.0729. The highest BCUT2D eigenvalue weighted by Crippen LogP contribution is 2.29. The lowest BCUT2D eigenvalue weighted by Gasteiger charge is -2.35. The number of hydrogen-bond donors (Lipinski definition) is 0. The Morgan fingerprint density at radius 2 is 1.76 bits per heavy atom. The topological polar surface area (TPSA) is 72.0 Å². The van der Waals surface area contributed by atoms with E-state index < -0.39 is 0 Å². The number of ether oxygens (including phenoxy) is 2. The molecule has 1 saturated heterocycles. The van der Waals surface area contributed by atoms with Crippen LogP contribution >= 0.6 is 0 Å². The predicted molar refractivity (Wildman–Crippen MR) is 109 cm³/mol. The van der Waals surface area contributed by atoms with E-state index in [9.17, 15) is 9.59 Å². The zero-order chi connectivity index (χ0) is 20.8. The molecule has 7 nitrogen and oxygen atoms in total. The van der Waals surface area contributed by atoms with Crippen LogP contribution in [0.25, 0.3) is 0 Å². The number of benzene rings is 1. The summed E-state index contributed by atoms with van der Waals surface area (Å²) in [5.41, 5.74) is 1.30. The van der Waals surface area contributed by atoms with E-state index in [2.05, 4.69) is 4.98 Å². The second-order valence-electron chi connectivity index (χ2n) is 7.20. The van der Waals surface area contributed by atoms with Crippen LogP contribution in [0.4, 0.5) is 0 Å². The van der Waals surface area contributed by atoms with Gasteiger partial charge in [0, 0.05) is 43.6 Å². The molecule has 154 valence electrons. The highest BCUT2D eigenvalue weighted by atomic mass is 16.5. The Hall–Kier alpha value is -3.09. The van der Waals surface area contributed by atoms with Crippen molar-refractivity contribution < 1.29 is 19.1 Å². The van der Waals surface area contributed by atoms with Gasteiger partial charge in [-0.05, 0) is 44.2 Å². The largest absolute Gasteiger partial charge is 0.493 e. The van der Waals surface area contributed by atoms with Crippen molar-refractivity contribution in [3.63, 3.8) is 0 Å². The molecule has 0 saturated carbocycles. The molecule has 2 heterocycles. The Morgan fingerprint density at radius 1 is 1.03 bits per heavy atom. The number of rotatable bonds is 6. The van der Waals surface area contributed by atoms with Gasteiger partial charge in [-0.3, -0.25) is 14.6 Å². The van der Waals surface area contributed by atoms with Gasteiger partial charge in [-0.2, -0.15) is 0 Å². The third-order valence-electron chi connectivity index (χ3n) is 4.75. The van der Waals surface area contributed by atoms with Gasteiger partial charge < -0.3 is 19.3 Å². The molecule has 2 aromatic rings. The van der Waals surface area contributed by atoms with Crippen molar-refractivity contribution in [2.45, 2.75) is 26.4 Å². The summed E-state index contributed by atoms with van der Waals surface area (Å²) in [7, 11) is 1.56. The second-order valence-corrected chi connectivity index (χ2v) is 7.20. The standard InChI is InChI=1S/C22H27N3O4/c1-16(2)29-19-8-7-17(14-20(19)28-3)22(27)25-12-10-24(11-13-25)21(26)15-18-6-4-5-9-23-18/h4-9,14,16H,10-13,15H2,1-3H3. The molecule has 0 spiro atoms. The molecule has 0 aliphatic carbocycles. The second kappa shape index (κ2) is 9.41. The average Bonchev–Trinajstić information content (AvgIpc) is 2.74. The van der Waals surface area contributed by atoms with Crippen LogP contribution in [0.5, 0.6) is 11.5 Å². The summed E-state index contributed by atoms with van der Waals surface area (Å²) in [6.45, 7) is 5.91. The number of pyridine rings is 1. The van der Waals surface area contributed by atoms with Crippen LogP contribution < -0.4 is 9.47 Å². The average molecular weight is 397 g/mol. The maximum Gasteiger partial charge on any atom is 0.254 e. The molecule has 1 aliphatic heterocycles. The quantitative estimate of drug-likeness (QED) is 0.749. The van der Waals surface area contributed by atoms with Gasteiger partial charge in [-0.25, -0.2) is 0 Å². The molecule has 0 unspecified atom stereocenters. The first-order valence-electron chi connectivity index (χ1n) is 9.79. The van der Waals surface area contributed by atoms with Gasteiger partial charge in [-0.1, -0.05) is 6.07 Å². The third kappa shape index (κ3) is 5.25. The van der Waals surface area contributed by atoms with E-state index in [0.717, 1.165) is 5.69 Å². The number of nitrogens with zero attached hydrogens (tertiary/aromatic N) is 3. The summed E-state index contributed by atoms with van der Waals surface area (Å²) >= 11 is 0. The summed E-state index contributed by atoms with van der Waals surface area (Å²) in [4.78, 5) is 33.1. The number of methoxy groups -OCH3 is 1. The molecule has 3 rings (SSSR count). The van der Waals surface area contributed by atoms with E-state index in [1.165, 1.54) is 0 Å². The first kappa shape index (κ1) is 20.6. The first-order chi connectivity index (χ1) is 14.0. The molecule has 29 heavy (non-hydrogen) atoms. The van der Waals surface area contributed by atoms with E-state index in [4.69, 9.17) is 9.47 Å². The van der Waals surface area contributed by atoms with Crippen molar-refractivity contribution in [2.24, 2.45) is 0 Å². The third-order valence-corrected chi connectivity index (χ3v) is 4.75. The maximum atomic E-state index is 12.9. The van der Waals surface area contributed by atoms with E-state index >= 15 is 0 Å². The molecule has 0 radical (unpaired) electrons. The van der Waals surface area contributed by atoms with Gasteiger partial charge in [0.1, 0.15) is 0 Å². The fourth-order valence-corrected chi connectivity index (χ4v) is 3.26. The van der Waals surface area contributed by atoms with Crippen molar-refractivity contribution in [1.82, 2.24) is 14.8 Å². The van der Waals surface area contributed by atoms with Crippen LogP contribution in [0, 0.1) is 0 Å². The van der Waals surface area contributed by atoms with Crippen molar-refractivity contribution in [1.29, 1.82) is 0 Å². The van der Waals surface area contributed by atoms with Gasteiger partial charge in [0.05, 0.1) is 19.6 Å². The Kier molecular flexibility index (Phi) is 6.69. The van der Waals surface area contributed by atoms with Crippen molar-refractivity contribution in [2.75, 3.05) is 33.3 Å². The number of amides is 2. The summed E-state index contributed by atoms with van der Waals surface area (Å²) in [5.74, 6) is 1.11. The molecule has 7 heteroatoms. The van der Waals surface area contributed by atoms with Crippen LogP contribution in [-0.2, 0) is 11.2 Å². The summed E-state index contributed by atoms with van der Waals surface area (Å²) < 4.78 is 11.1. The zero-order valence-electron chi connectivity index (χ0n) is 17.1. The molecule has 0 atom stereocenters. The Balaban J connectivity index is 1.59. The molecule has 1 fully saturated rings. The van der Waals surface area contributed by atoms with Crippen LogP contribution in [-0.4, -0.2) is 66.0 Å². The molecular formula is C22H27N3O4. The minimum absolute atomic E-state index is 0.0159. The molecule has 1 aliphatic rings. The van der Waals surface area contributed by atoms with Crippen LogP contribution in [0.2, 0.25) is 0 Å². The van der Waals surface area contributed by atoms with Crippen LogP contribution in [0.15, 0.2) is 42.6 Å². The van der Waals surface area contributed by atoms with E-state index in [0.29, 0.717) is 43.2 Å². The molecule has 2 amide bonds. The number of carbonyl (C=O) groups excluding carboxylic acids is 2. The highest BCUT2D eigenvalue weighted by Gasteiger charge is 2.25. The van der Waals surface area contributed by atoms with Gasteiger partial charge in [0.2, 0.25) is 5.91 Å².